The van der Waals surface area contributed by atoms with E-state index in [1.54, 1.807) is 0 Å². The summed E-state index contributed by atoms with van der Waals surface area (Å²) in [5, 5.41) is 0. The molecule has 1 aliphatic carbocycles. The fraction of sp³-hybridized carbons (Fsp3) is 0.333. The van der Waals surface area contributed by atoms with E-state index in [9.17, 15) is 0 Å². The van der Waals surface area contributed by atoms with Gasteiger partial charge in [0.2, 0.25) is 0 Å². The van der Waals surface area contributed by atoms with Crippen LogP contribution in [0.15, 0.2) is 18.2 Å². The maximum atomic E-state index is 2.98. The van der Waals surface area contributed by atoms with Gasteiger partial charge in [-0.3, -0.25) is 6.08 Å². The minimum absolute atomic E-state index is 0. The molecular weight excluding hydrogens is 79.0 g/mol. The topological polar surface area (TPSA) is 0 Å². The van der Waals surface area contributed by atoms with Gasteiger partial charge in [0.1, 0.15) is 0 Å². The molecule has 7 heavy (non-hydrogen) atoms. The summed E-state index contributed by atoms with van der Waals surface area (Å²) in [6.45, 7) is 0. The Morgan fingerprint density at radius 2 is 2.14 bits per heavy atom. The Kier molecular flexibility index (Phi) is 4.29. The fourth-order valence-electron chi connectivity index (χ4n) is 0.482. The van der Waals surface area contributed by atoms with Gasteiger partial charge in [0.25, 0.3) is 0 Å². The van der Waals surface area contributed by atoms with Crippen molar-refractivity contribution in [2.24, 2.45) is 0 Å². The van der Waals surface area contributed by atoms with Crippen molar-refractivity contribution in [2.75, 3.05) is 0 Å². The van der Waals surface area contributed by atoms with Crippen LogP contribution in [-0.2, 0) is 0 Å². The van der Waals surface area contributed by atoms with E-state index >= 15 is 0 Å². The van der Waals surface area contributed by atoms with Crippen LogP contribution < -0.4 is 18.9 Å². The molecule has 0 saturated carbocycles. The first-order chi connectivity index (χ1) is 3.00. The number of rotatable bonds is 0. The van der Waals surface area contributed by atoms with Gasteiger partial charge in [-0.25, -0.2) is 12.2 Å². The van der Waals surface area contributed by atoms with Crippen molar-refractivity contribution in [3.63, 3.8) is 0 Å². The molecule has 0 aliphatic heterocycles. The largest absolute Gasteiger partial charge is 1.00 e. The molecule has 0 heterocycles. The number of allylic oxidation sites excluding steroid dienone is 4. The molecular formula is C6H7Li. The molecule has 32 valence electrons. The van der Waals surface area contributed by atoms with E-state index in [4.69, 9.17) is 0 Å². The molecule has 0 aromatic rings. The van der Waals surface area contributed by atoms with Crippen LogP contribution in [0.5, 0.6) is 0 Å². The standard InChI is InChI=1S/C6H7.Li/c1-2-4-6-5-3-1;/h1-2,6H,3,5H2;/q-1;+1. The van der Waals surface area contributed by atoms with Crippen molar-refractivity contribution in [1.82, 2.24) is 0 Å². The second kappa shape index (κ2) is 4.24. The van der Waals surface area contributed by atoms with Gasteiger partial charge in [-0.2, -0.15) is 6.08 Å². The molecule has 0 bridgehead atoms. The molecule has 1 heteroatoms. The number of hydrogen-bond acceptors (Lipinski definition) is 0. The summed E-state index contributed by atoms with van der Waals surface area (Å²) < 4.78 is 0. The van der Waals surface area contributed by atoms with Crippen LogP contribution in [0.1, 0.15) is 12.8 Å². The van der Waals surface area contributed by atoms with Gasteiger partial charge < -0.3 is 0 Å². The zero-order valence-corrected chi connectivity index (χ0v) is 4.65. The van der Waals surface area contributed by atoms with Crippen LogP contribution in [0.2, 0.25) is 0 Å². The molecule has 1 rings (SSSR count). The third-order valence-electron chi connectivity index (χ3n) is 0.810. The van der Waals surface area contributed by atoms with E-state index in [0.717, 1.165) is 0 Å². The average Bonchev–Trinajstić information content (AvgIpc) is 1.72. The summed E-state index contributed by atoms with van der Waals surface area (Å²) >= 11 is 0. The van der Waals surface area contributed by atoms with Crippen molar-refractivity contribution in [3.8, 4) is 0 Å². The third kappa shape index (κ3) is 2.74. The summed E-state index contributed by atoms with van der Waals surface area (Å²) in [7, 11) is 0. The van der Waals surface area contributed by atoms with Gasteiger partial charge in [-0.05, 0) is 0 Å². The Balaban J connectivity index is 0.000000360. The minimum Gasteiger partial charge on any atom is -0.255 e. The van der Waals surface area contributed by atoms with Crippen LogP contribution in [-0.4, -0.2) is 0 Å². The van der Waals surface area contributed by atoms with Gasteiger partial charge in [0.15, 0.2) is 0 Å². The molecule has 0 aromatic carbocycles. The van der Waals surface area contributed by atoms with Crippen molar-refractivity contribution < 1.29 is 18.9 Å². The monoisotopic (exact) mass is 86.1 g/mol. The summed E-state index contributed by atoms with van der Waals surface area (Å²) in [5.41, 5.74) is 0. The van der Waals surface area contributed by atoms with Gasteiger partial charge in [0.05, 0.1) is 0 Å². The SMILES string of the molecule is [C-]1=CCCC=C1.[Li+]. The normalized spacial score (nSPS) is 16.0. The number of hydrogen-bond donors (Lipinski definition) is 0. The maximum absolute atomic E-state index is 2.98. The predicted molar refractivity (Wildman–Crippen MR) is 26.2 cm³/mol. The Labute approximate surface area is 56.5 Å². The summed E-state index contributed by atoms with van der Waals surface area (Å²) in [6, 6.07) is 0. The van der Waals surface area contributed by atoms with Gasteiger partial charge >= 0.3 is 18.9 Å². The first-order valence-electron chi connectivity index (χ1n) is 2.23. The van der Waals surface area contributed by atoms with Crippen LogP contribution >= 0.6 is 0 Å². The van der Waals surface area contributed by atoms with Crippen LogP contribution in [0.25, 0.3) is 0 Å². The van der Waals surface area contributed by atoms with Crippen LogP contribution in [0.3, 0.4) is 0 Å². The van der Waals surface area contributed by atoms with Crippen molar-refractivity contribution >= 4 is 0 Å². The zero-order chi connectivity index (χ0) is 4.24. The fourth-order valence-corrected chi connectivity index (χ4v) is 0.482. The van der Waals surface area contributed by atoms with E-state index in [1.165, 1.54) is 12.8 Å². The molecule has 0 spiro atoms. The van der Waals surface area contributed by atoms with Crippen molar-refractivity contribution in [1.29, 1.82) is 0 Å². The van der Waals surface area contributed by atoms with E-state index in [1.807, 2.05) is 6.08 Å². The molecule has 0 unspecified atom stereocenters. The van der Waals surface area contributed by atoms with E-state index < -0.39 is 0 Å². The van der Waals surface area contributed by atoms with Crippen LogP contribution in [0.4, 0.5) is 0 Å². The Bertz CT molecular complexity index is 70.2. The van der Waals surface area contributed by atoms with E-state index in [2.05, 4.69) is 18.2 Å². The molecule has 1 aliphatic rings. The minimum atomic E-state index is 0. The first-order valence-corrected chi connectivity index (χ1v) is 2.23. The Morgan fingerprint density at radius 1 is 1.29 bits per heavy atom. The smallest absolute Gasteiger partial charge is 0.255 e. The third-order valence-corrected chi connectivity index (χ3v) is 0.810. The Morgan fingerprint density at radius 3 is 2.29 bits per heavy atom. The molecule has 0 N–H and O–H groups in total. The summed E-state index contributed by atoms with van der Waals surface area (Å²) in [5.74, 6) is 0. The first kappa shape index (κ1) is 7.08. The van der Waals surface area contributed by atoms with Crippen molar-refractivity contribution in [3.05, 3.63) is 24.3 Å². The quantitative estimate of drug-likeness (QED) is 0.254. The molecule has 0 saturated heterocycles. The second-order valence-electron chi connectivity index (χ2n) is 1.35. The Hall–Kier alpha value is 0.0774. The van der Waals surface area contributed by atoms with Gasteiger partial charge in [0, 0.05) is 0 Å². The second-order valence-corrected chi connectivity index (χ2v) is 1.35. The maximum Gasteiger partial charge on any atom is 1.00 e. The van der Waals surface area contributed by atoms with Crippen LogP contribution in [0, 0.1) is 6.08 Å². The summed E-state index contributed by atoms with van der Waals surface area (Å²) in [4.78, 5) is 0. The molecule has 0 amide bonds. The van der Waals surface area contributed by atoms with Crippen molar-refractivity contribution in [2.45, 2.75) is 12.8 Å². The molecule has 0 atom stereocenters. The van der Waals surface area contributed by atoms with E-state index in [0.29, 0.717) is 0 Å². The predicted octanol–water partition coefficient (Wildman–Crippen LogP) is -1.30. The molecule has 0 aromatic heterocycles. The van der Waals surface area contributed by atoms with E-state index in [-0.39, 0.29) is 18.9 Å². The molecule has 0 nitrogen and oxygen atoms in total. The zero-order valence-electron chi connectivity index (χ0n) is 4.65. The van der Waals surface area contributed by atoms with Gasteiger partial charge in [-0.15, -0.1) is 0 Å². The molecule has 0 radical (unpaired) electrons. The van der Waals surface area contributed by atoms with Gasteiger partial charge in [-0.1, -0.05) is 12.8 Å². The average molecular weight is 86.1 g/mol. The summed E-state index contributed by atoms with van der Waals surface area (Å²) in [6.07, 6.45) is 11.5. The molecule has 0 fully saturated rings.